The lowest BCUT2D eigenvalue weighted by molar-refractivity contribution is 0.0975. The number of aryl methyl sites for hydroxylation is 1. The summed E-state index contributed by atoms with van der Waals surface area (Å²) in [5.74, 6) is -0.807. The third kappa shape index (κ3) is 5.33. The van der Waals surface area contributed by atoms with Crippen LogP contribution in [-0.2, 0) is 21.0 Å². The molecule has 3 rings (SSSR count). The van der Waals surface area contributed by atoms with Gasteiger partial charge in [0.05, 0.1) is 17.8 Å². The maximum atomic E-state index is 13.8. The summed E-state index contributed by atoms with van der Waals surface area (Å²) in [6, 6.07) is 8.98. The number of benzene rings is 2. The number of methoxy groups -OCH3 is 1. The Hall–Kier alpha value is -1.96. The van der Waals surface area contributed by atoms with Gasteiger partial charge in [0, 0.05) is 51.9 Å². The van der Waals surface area contributed by atoms with E-state index in [-0.39, 0.29) is 43.2 Å². The van der Waals surface area contributed by atoms with Crippen LogP contribution in [0.3, 0.4) is 0 Å². The van der Waals surface area contributed by atoms with Gasteiger partial charge in [0.25, 0.3) is 15.9 Å². The van der Waals surface area contributed by atoms with Gasteiger partial charge in [0.1, 0.15) is 10.6 Å². The van der Waals surface area contributed by atoms with Crippen molar-refractivity contribution in [1.82, 2.24) is 14.5 Å². The number of sulfonamides is 1. The highest BCUT2D eigenvalue weighted by atomic mass is 127. The Morgan fingerprint density at radius 3 is 2.50 bits per heavy atom. The molecule has 0 radical (unpaired) electrons. The summed E-state index contributed by atoms with van der Waals surface area (Å²) in [5, 5.41) is 3.95. The van der Waals surface area contributed by atoms with Gasteiger partial charge >= 0.3 is 3.93 Å². The van der Waals surface area contributed by atoms with Gasteiger partial charge in [-0.25, -0.2) is 13.1 Å². The molecule has 0 aliphatic rings. The number of amides is 1. The lowest BCUT2D eigenvalue weighted by Gasteiger charge is -2.11. The third-order valence-electron chi connectivity index (χ3n) is 4.29. The highest BCUT2D eigenvalue weighted by Gasteiger charge is 2.29. The second-order valence-electron chi connectivity index (χ2n) is 6.50. The topological polar surface area (TPSA) is 90.3 Å². The quantitative estimate of drug-likeness (QED) is 0.311. The average Bonchev–Trinajstić information content (AvgIpc) is 3.08. The van der Waals surface area contributed by atoms with E-state index in [9.17, 15) is 22.0 Å². The van der Waals surface area contributed by atoms with Crippen LogP contribution in [0.4, 0.5) is 8.78 Å². The molecule has 7 nitrogen and oxygen atoms in total. The normalized spacial score (nSPS) is 12.0. The number of ether oxygens (including phenoxy) is 1. The molecule has 0 saturated carbocycles. The van der Waals surface area contributed by atoms with Crippen molar-refractivity contribution in [3.05, 3.63) is 63.8 Å². The van der Waals surface area contributed by atoms with Crippen molar-refractivity contribution in [1.29, 1.82) is 0 Å². The predicted octanol–water partition coefficient (Wildman–Crippen LogP) is 5.01. The molecule has 1 N–H and O–H groups in total. The van der Waals surface area contributed by atoms with E-state index in [1.807, 2.05) is 4.72 Å². The molecule has 0 saturated heterocycles. The summed E-state index contributed by atoms with van der Waals surface area (Å²) in [5.41, 5.74) is -0.0381. The highest BCUT2D eigenvalue weighted by Crippen LogP contribution is 2.38. The first-order chi connectivity index (χ1) is 14.8. The Balaban J connectivity index is 1.94. The fraction of sp³-hybridized carbons (Fsp3) is 0.158. The van der Waals surface area contributed by atoms with Gasteiger partial charge in [-0.3, -0.25) is 9.48 Å². The number of carbonyl (C=O) groups excluding carboxylic acids is 1. The SMILES string of the molecule is COc1ccc(Cl)c(S(=O)(=O)NC(=O)c2cc(-c3cc(Cl)cc(C(F)(F)I)c3)n(C)n2)c1. The van der Waals surface area contributed by atoms with Gasteiger partial charge in [0.2, 0.25) is 0 Å². The summed E-state index contributed by atoms with van der Waals surface area (Å²) in [7, 11) is -1.53. The second-order valence-corrected chi connectivity index (χ2v) is 10.3. The van der Waals surface area contributed by atoms with Gasteiger partial charge in [-0.1, -0.05) is 23.2 Å². The van der Waals surface area contributed by atoms with Crippen molar-refractivity contribution in [3.63, 3.8) is 0 Å². The number of nitrogens with one attached hydrogen (secondary N) is 1. The van der Waals surface area contributed by atoms with Crippen molar-refractivity contribution in [2.75, 3.05) is 7.11 Å². The maximum absolute atomic E-state index is 13.8. The van der Waals surface area contributed by atoms with Crippen LogP contribution in [0.15, 0.2) is 47.4 Å². The average molecular weight is 616 g/mol. The van der Waals surface area contributed by atoms with E-state index in [4.69, 9.17) is 27.9 Å². The molecule has 0 unspecified atom stereocenters. The monoisotopic (exact) mass is 615 g/mol. The number of hydrogen-bond acceptors (Lipinski definition) is 5. The minimum absolute atomic E-state index is 0.0660. The van der Waals surface area contributed by atoms with Crippen LogP contribution in [0.2, 0.25) is 10.0 Å². The molecule has 32 heavy (non-hydrogen) atoms. The zero-order valence-corrected chi connectivity index (χ0v) is 20.9. The lowest BCUT2D eigenvalue weighted by atomic mass is 10.1. The molecule has 170 valence electrons. The van der Waals surface area contributed by atoms with Crippen LogP contribution >= 0.6 is 45.8 Å². The van der Waals surface area contributed by atoms with Crippen molar-refractivity contribution in [3.8, 4) is 17.0 Å². The summed E-state index contributed by atoms with van der Waals surface area (Å²) in [4.78, 5) is 12.2. The van der Waals surface area contributed by atoms with Crippen LogP contribution in [0.5, 0.6) is 5.75 Å². The zero-order valence-electron chi connectivity index (χ0n) is 16.4. The molecule has 0 aliphatic carbocycles. The maximum Gasteiger partial charge on any atom is 0.321 e. The fourth-order valence-corrected chi connectivity index (χ4v) is 4.82. The van der Waals surface area contributed by atoms with Gasteiger partial charge in [-0.15, -0.1) is 0 Å². The van der Waals surface area contributed by atoms with Crippen molar-refractivity contribution >= 4 is 61.7 Å². The zero-order chi connectivity index (χ0) is 23.8. The number of carbonyl (C=O) groups is 1. The second kappa shape index (κ2) is 9.12. The van der Waals surface area contributed by atoms with Gasteiger partial charge < -0.3 is 4.74 Å². The Morgan fingerprint density at radius 2 is 1.88 bits per heavy atom. The van der Waals surface area contributed by atoms with E-state index in [1.54, 1.807) is 0 Å². The Kier molecular flexibility index (Phi) is 7.03. The number of halogens is 5. The Bertz CT molecular complexity index is 1310. The molecular formula is C19H14Cl2F2IN3O4S. The third-order valence-corrected chi connectivity index (χ3v) is 6.94. The van der Waals surface area contributed by atoms with Crippen LogP contribution < -0.4 is 9.46 Å². The molecule has 0 atom stereocenters. The first kappa shape index (κ1) is 24.7. The molecule has 0 fully saturated rings. The lowest BCUT2D eigenvalue weighted by Crippen LogP contribution is -2.31. The van der Waals surface area contributed by atoms with Crippen LogP contribution in [0.1, 0.15) is 16.1 Å². The van der Waals surface area contributed by atoms with Crippen molar-refractivity contribution < 1.29 is 26.7 Å². The molecule has 1 amide bonds. The summed E-state index contributed by atoms with van der Waals surface area (Å²) < 4.78 is 57.8. The molecule has 0 spiro atoms. The van der Waals surface area contributed by atoms with E-state index in [0.29, 0.717) is 0 Å². The molecule has 2 aromatic carbocycles. The number of aromatic nitrogens is 2. The van der Waals surface area contributed by atoms with E-state index < -0.39 is 19.9 Å². The van der Waals surface area contributed by atoms with Gasteiger partial charge in [-0.2, -0.15) is 13.9 Å². The van der Waals surface area contributed by atoms with E-state index in [0.717, 1.165) is 28.7 Å². The van der Waals surface area contributed by atoms with Crippen LogP contribution in [0.25, 0.3) is 11.3 Å². The summed E-state index contributed by atoms with van der Waals surface area (Å²) >= 11 is 12.9. The van der Waals surface area contributed by atoms with E-state index in [1.165, 1.54) is 55.2 Å². The predicted molar refractivity (Wildman–Crippen MR) is 124 cm³/mol. The molecule has 1 heterocycles. The minimum Gasteiger partial charge on any atom is -0.497 e. The van der Waals surface area contributed by atoms with Crippen molar-refractivity contribution in [2.45, 2.75) is 8.82 Å². The van der Waals surface area contributed by atoms with Crippen molar-refractivity contribution in [2.24, 2.45) is 7.05 Å². The van der Waals surface area contributed by atoms with Gasteiger partial charge in [0.15, 0.2) is 5.69 Å². The van der Waals surface area contributed by atoms with Crippen LogP contribution in [-0.4, -0.2) is 31.2 Å². The molecule has 0 bridgehead atoms. The fourth-order valence-electron chi connectivity index (χ4n) is 2.80. The molecule has 13 heteroatoms. The minimum atomic E-state index is -4.35. The Labute approximate surface area is 205 Å². The highest BCUT2D eigenvalue weighted by molar-refractivity contribution is 14.1. The largest absolute Gasteiger partial charge is 0.497 e. The standard InChI is InChI=1S/C19H14Cl2F2IN3O4S/c1-27-16(10-5-11(19(22,23)24)7-12(20)6-10)9-15(25-27)18(28)26-32(29,30)17-8-13(31-2)3-4-14(17)21/h3-9H,1-2H3,(H,26,28). The molecule has 1 aromatic heterocycles. The number of hydrogen-bond donors (Lipinski definition) is 1. The smallest absolute Gasteiger partial charge is 0.321 e. The molecule has 0 aliphatic heterocycles. The Morgan fingerprint density at radius 1 is 1.19 bits per heavy atom. The number of nitrogens with zero attached hydrogens (tertiary/aromatic N) is 2. The molecule has 3 aromatic rings. The summed E-state index contributed by atoms with van der Waals surface area (Å²) in [6.07, 6.45) is 0. The van der Waals surface area contributed by atoms with E-state index >= 15 is 0 Å². The number of alkyl halides is 3. The summed E-state index contributed by atoms with van der Waals surface area (Å²) in [6.45, 7) is 0. The molecular weight excluding hydrogens is 602 g/mol. The van der Waals surface area contributed by atoms with E-state index in [2.05, 4.69) is 5.10 Å². The van der Waals surface area contributed by atoms with Gasteiger partial charge in [-0.05, 0) is 36.4 Å². The number of rotatable bonds is 6. The first-order valence-corrected chi connectivity index (χ1v) is 12.0. The first-order valence-electron chi connectivity index (χ1n) is 8.64. The van der Waals surface area contributed by atoms with Crippen LogP contribution in [0, 0.1) is 0 Å².